The number of rotatable bonds is 10. The third-order valence-electron chi connectivity index (χ3n) is 5.86. The summed E-state index contributed by atoms with van der Waals surface area (Å²) in [7, 11) is 1.58. The molecule has 0 unspecified atom stereocenters. The van der Waals surface area contributed by atoms with Crippen molar-refractivity contribution in [2.45, 2.75) is 13.0 Å². The second-order valence-corrected chi connectivity index (χ2v) is 8.74. The Hall–Kier alpha value is -5.17. The van der Waals surface area contributed by atoms with Crippen LogP contribution in [0.1, 0.15) is 27.0 Å². The minimum atomic E-state index is -0.483. The lowest BCUT2D eigenvalue weighted by Gasteiger charge is -2.12. The number of hydrogen-bond donors (Lipinski definition) is 3. The molecule has 0 heterocycles. The molecule has 196 valence electrons. The van der Waals surface area contributed by atoms with Crippen LogP contribution < -0.4 is 20.7 Å². The van der Waals surface area contributed by atoms with Crippen molar-refractivity contribution in [2.24, 2.45) is 0 Å². The first-order valence-corrected chi connectivity index (χ1v) is 12.4. The van der Waals surface area contributed by atoms with Crippen molar-refractivity contribution >= 4 is 29.5 Å². The first kappa shape index (κ1) is 26.9. The monoisotopic (exact) mass is 519 g/mol. The third-order valence-corrected chi connectivity index (χ3v) is 5.86. The summed E-state index contributed by atoms with van der Waals surface area (Å²) in [6, 6.07) is 32.5. The van der Waals surface area contributed by atoms with Gasteiger partial charge in [0, 0.05) is 17.8 Å². The average Bonchev–Trinajstić information content (AvgIpc) is 2.98. The molecule has 0 aliphatic rings. The fourth-order valence-electron chi connectivity index (χ4n) is 3.76. The molecule has 4 aromatic carbocycles. The van der Waals surface area contributed by atoms with Crippen LogP contribution in [0.4, 0.5) is 5.69 Å². The van der Waals surface area contributed by atoms with E-state index in [-0.39, 0.29) is 18.0 Å². The molecule has 7 nitrogen and oxygen atoms in total. The second-order valence-electron chi connectivity index (χ2n) is 8.74. The van der Waals surface area contributed by atoms with Gasteiger partial charge in [-0.05, 0) is 59.2 Å². The Morgan fingerprint density at radius 3 is 2.03 bits per heavy atom. The Morgan fingerprint density at radius 1 is 0.744 bits per heavy atom. The van der Waals surface area contributed by atoms with Crippen molar-refractivity contribution < 1.29 is 19.1 Å². The molecule has 4 aromatic rings. The number of carbonyl (C=O) groups is 3. The maximum atomic E-state index is 13.2. The lowest BCUT2D eigenvalue weighted by Crippen LogP contribution is -2.30. The summed E-state index contributed by atoms with van der Waals surface area (Å²) in [6.45, 7) is 0.464. The Balaban J connectivity index is 1.42. The van der Waals surface area contributed by atoms with Crippen LogP contribution in [0.15, 0.2) is 115 Å². The van der Waals surface area contributed by atoms with E-state index in [9.17, 15) is 14.4 Å². The second kappa shape index (κ2) is 13.4. The highest BCUT2D eigenvalue weighted by Crippen LogP contribution is 2.16. The summed E-state index contributed by atoms with van der Waals surface area (Å²) >= 11 is 0. The molecule has 0 saturated heterocycles. The third kappa shape index (κ3) is 8.16. The van der Waals surface area contributed by atoms with Crippen LogP contribution in [0.5, 0.6) is 5.75 Å². The first-order chi connectivity index (χ1) is 19.0. The van der Waals surface area contributed by atoms with Crippen LogP contribution in [0.3, 0.4) is 0 Å². The normalized spacial score (nSPS) is 10.8. The Morgan fingerprint density at radius 2 is 1.38 bits per heavy atom. The summed E-state index contributed by atoms with van der Waals surface area (Å²) in [5.41, 5.74) is 3.60. The van der Waals surface area contributed by atoms with Crippen LogP contribution in [0.25, 0.3) is 6.08 Å². The number of carbonyl (C=O) groups excluding carboxylic acids is 3. The highest BCUT2D eigenvalue weighted by Gasteiger charge is 2.15. The van der Waals surface area contributed by atoms with Crippen LogP contribution >= 0.6 is 0 Å². The standard InChI is InChI=1S/C32H29N3O4/c1-39-28-18-14-23(15-19-28)20-29(35-31(37)26-10-6-3-7-11-26)32(38)34-27-16-12-24(13-17-27)21-30(36)33-22-25-8-4-2-5-9-25/h2-20H,21-22H2,1H3,(H,33,36)(H,34,38)(H,35,37)/b29-20-. The van der Waals surface area contributed by atoms with Crippen LogP contribution in [-0.2, 0) is 22.6 Å². The van der Waals surface area contributed by atoms with E-state index in [1.807, 2.05) is 36.4 Å². The van der Waals surface area contributed by atoms with Gasteiger partial charge < -0.3 is 20.7 Å². The van der Waals surface area contributed by atoms with Crippen LogP contribution in [-0.4, -0.2) is 24.8 Å². The molecular formula is C32H29N3O4. The Kier molecular flexibility index (Phi) is 9.23. The van der Waals surface area contributed by atoms with Crippen molar-refractivity contribution in [1.29, 1.82) is 0 Å². The smallest absolute Gasteiger partial charge is 0.272 e. The molecule has 0 aliphatic carbocycles. The fraction of sp³-hybridized carbons (Fsp3) is 0.0938. The fourth-order valence-corrected chi connectivity index (χ4v) is 3.76. The van der Waals surface area contributed by atoms with Gasteiger partial charge in [0.1, 0.15) is 11.4 Å². The van der Waals surface area contributed by atoms with Gasteiger partial charge in [0.2, 0.25) is 5.91 Å². The van der Waals surface area contributed by atoms with Crippen LogP contribution in [0, 0.1) is 0 Å². The maximum Gasteiger partial charge on any atom is 0.272 e. The van der Waals surface area contributed by atoms with Crippen molar-refractivity contribution in [1.82, 2.24) is 10.6 Å². The quantitative estimate of drug-likeness (QED) is 0.258. The van der Waals surface area contributed by atoms with E-state index < -0.39 is 11.8 Å². The minimum absolute atomic E-state index is 0.0818. The van der Waals surface area contributed by atoms with Crippen LogP contribution in [0.2, 0.25) is 0 Å². The number of anilines is 1. The summed E-state index contributed by atoms with van der Waals surface area (Å²) in [6.07, 6.45) is 1.82. The van der Waals surface area contributed by atoms with E-state index >= 15 is 0 Å². The molecule has 0 saturated carbocycles. The molecule has 3 amide bonds. The summed E-state index contributed by atoms with van der Waals surface area (Å²) in [5.74, 6) is -0.296. The highest BCUT2D eigenvalue weighted by molar-refractivity contribution is 6.10. The predicted octanol–water partition coefficient (Wildman–Crippen LogP) is 4.96. The van der Waals surface area contributed by atoms with Gasteiger partial charge in [-0.1, -0.05) is 72.8 Å². The zero-order chi connectivity index (χ0) is 27.5. The molecule has 0 spiro atoms. The molecule has 0 bridgehead atoms. The van der Waals surface area contributed by atoms with Crippen molar-refractivity contribution in [3.05, 3.63) is 137 Å². The molecule has 7 heteroatoms. The molecule has 0 aliphatic heterocycles. The average molecular weight is 520 g/mol. The van der Waals surface area contributed by atoms with Gasteiger partial charge in [0.15, 0.2) is 0 Å². The number of ether oxygens (including phenoxy) is 1. The van der Waals surface area contributed by atoms with Crippen molar-refractivity contribution in [3.8, 4) is 5.75 Å². The van der Waals surface area contributed by atoms with Gasteiger partial charge in [-0.15, -0.1) is 0 Å². The molecule has 0 aromatic heterocycles. The topological polar surface area (TPSA) is 96.5 Å². The van der Waals surface area contributed by atoms with Gasteiger partial charge in [-0.3, -0.25) is 14.4 Å². The summed E-state index contributed by atoms with van der Waals surface area (Å²) in [5, 5.41) is 8.45. The molecular weight excluding hydrogens is 490 g/mol. The SMILES string of the molecule is COc1ccc(/C=C(\NC(=O)c2ccccc2)C(=O)Nc2ccc(CC(=O)NCc3ccccc3)cc2)cc1. The number of amides is 3. The van der Waals surface area contributed by atoms with Crippen molar-refractivity contribution in [2.75, 3.05) is 12.4 Å². The highest BCUT2D eigenvalue weighted by atomic mass is 16.5. The Bertz CT molecular complexity index is 1430. The minimum Gasteiger partial charge on any atom is -0.497 e. The number of hydrogen-bond acceptors (Lipinski definition) is 4. The zero-order valence-electron chi connectivity index (χ0n) is 21.5. The van der Waals surface area contributed by atoms with Gasteiger partial charge in [0.05, 0.1) is 13.5 Å². The van der Waals surface area contributed by atoms with E-state index in [2.05, 4.69) is 16.0 Å². The van der Waals surface area contributed by atoms with E-state index in [0.717, 1.165) is 11.1 Å². The van der Waals surface area contributed by atoms with Gasteiger partial charge in [-0.2, -0.15) is 0 Å². The molecule has 39 heavy (non-hydrogen) atoms. The number of methoxy groups -OCH3 is 1. The van der Waals surface area contributed by atoms with E-state index in [4.69, 9.17) is 4.74 Å². The molecule has 0 fully saturated rings. The molecule has 3 N–H and O–H groups in total. The molecule has 0 atom stereocenters. The first-order valence-electron chi connectivity index (χ1n) is 12.4. The summed E-state index contributed by atoms with van der Waals surface area (Å²) < 4.78 is 5.20. The maximum absolute atomic E-state index is 13.2. The lowest BCUT2D eigenvalue weighted by molar-refractivity contribution is -0.120. The molecule has 4 rings (SSSR count). The predicted molar refractivity (Wildman–Crippen MR) is 152 cm³/mol. The van der Waals surface area contributed by atoms with E-state index in [1.54, 1.807) is 86.0 Å². The Labute approximate surface area is 227 Å². The summed E-state index contributed by atoms with van der Waals surface area (Å²) in [4.78, 5) is 38.3. The lowest BCUT2D eigenvalue weighted by atomic mass is 10.1. The van der Waals surface area contributed by atoms with Gasteiger partial charge in [0.25, 0.3) is 11.8 Å². The molecule has 0 radical (unpaired) electrons. The van der Waals surface area contributed by atoms with E-state index in [0.29, 0.717) is 29.1 Å². The van der Waals surface area contributed by atoms with Gasteiger partial charge in [-0.25, -0.2) is 0 Å². The van der Waals surface area contributed by atoms with Gasteiger partial charge >= 0.3 is 0 Å². The largest absolute Gasteiger partial charge is 0.497 e. The zero-order valence-corrected chi connectivity index (χ0v) is 21.5. The van der Waals surface area contributed by atoms with E-state index in [1.165, 1.54) is 0 Å². The number of nitrogens with one attached hydrogen (secondary N) is 3. The number of benzene rings is 4. The van der Waals surface area contributed by atoms with Crippen molar-refractivity contribution in [3.63, 3.8) is 0 Å².